The summed E-state index contributed by atoms with van der Waals surface area (Å²) in [7, 11) is 0. The summed E-state index contributed by atoms with van der Waals surface area (Å²) in [5, 5.41) is 8.13. The first kappa shape index (κ1) is 20.2. The van der Waals surface area contributed by atoms with E-state index in [9.17, 15) is 0 Å². The van der Waals surface area contributed by atoms with Gasteiger partial charge < -0.3 is 9.47 Å². The van der Waals surface area contributed by atoms with Gasteiger partial charge in [-0.05, 0) is 55.8 Å². The van der Waals surface area contributed by atoms with Gasteiger partial charge in [-0.3, -0.25) is 0 Å². The fourth-order valence-corrected chi connectivity index (χ4v) is 4.70. The Morgan fingerprint density at radius 2 is 1.81 bits per heavy atom. The zero-order valence-corrected chi connectivity index (χ0v) is 18.8. The molecule has 0 saturated heterocycles. The van der Waals surface area contributed by atoms with E-state index < -0.39 is 6.23 Å². The van der Waals surface area contributed by atoms with Gasteiger partial charge in [0.05, 0.1) is 23.4 Å². The number of hydrogen-bond donors (Lipinski definition) is 0. The molecule has 3 aromatic carbocycles. The zero-order valence-electron chi connectivity index (χ0n) is 17.3. The van der Waals surface area contributed by atoms with Crippen molar-refractivity contribution >= 4 is 28.9 Å². The maximum absolute atomic E-state index is 6.54. The van der Waals surface area contributed by atoms with Crippen molar-refractivity contribution in [1.82, 2.24) is 5.01 Å². The molecule has 0 fully saturated rings. The average molecular weight is 453 g/mol. The minimum Gasteiger partial charge on any atom is -0.494 e. The number of rotatable bonds is 4. The Kier molecular flexibility index (Phi) is 5.28. The fourth-order valence-electron chi connectivity index (χ4n) is 4.15. The van der Waals surface area contributed by atoms with E-state index in [0.717, 1.165) is 34.6 Å². The molecule has 31 heavy (non-hydrogen) atoms. The maximum atomic E-state index is 6.54. The van der Waals surface area contributed by atoms with Crippen LogP contribution in [-0.4, -0.2) is 17.3 Å². The van der Waals surface area contributed by atoms with Crippen molar-refractivity contribution < 1.29 is 9.47 Å². The second kappa shape index (κ2) is 8.10. The van der Waals surface area contributed by atoms with Crippen molar-refractivity contribution in [2.24, 2.45) is 5.10 Å². The number of hydrazone groups is 1. The molecule has 0 aliphatic carbocycles. The SMILES string of the molecule is CCOc1ccc([C@H]2Oc3c(Cl)cc(Cl)cc3[C@H]3CC(c4ccc(C)cc4)=NN32)cc1. The first-order chi connectivity index (χ1) is 15.0. The van der Waals surface area contributed by atoms with Gasteiger partial charge in [0.25, 0.3) is 0 Å². The van der Waals surface area contributed by atoms with Crippen LogP contribution in [0.5, 0.6) is 11.5 Å². The van der Waals surface area contributed by atoms with Crippen molar-refractivity contribution in [2.75, 3.05) is 6.61 Å². The van der Waals surface area contributed by atoms with E-state index in [1.54, 1.807) is 6.07 Å². The lowest BCUT2D eigenvalue weighted by Gasteiger charge is -2.38. The third-order valence-corrected chi connectivity index (χ3v) is 6.17. The summed E-state index contributed by atoms with van der Waals surface area (Å²) in [6.45, 7) is 4.68. The molecule has 0 bridgehead atoms. The van der Waals surface area contributed by atoms with Crippen LogP contribution in [0, 0.1) is 6.92 Å². The first-order valence-corrected chi connectivity index (χ1v) is 11.1. The molecule has 4 nitrogen and oxygen atoms in total. The van der Waals surface area contributed by atoms with Crippen LogP contribution in [0.3, 0.4) is 0 Å². The molecule has 158 valence electrons. The normalized spacial score (nSPS) is 19.4. The van der Waals surface area contributed by atoms with Gasteiger partial charge in [-0.2, -0.15) is 5.10 Å². The lowest BCUT2D eigenvalue weighted by molar-refractivity contribution is -0.0189. The Morgan fingerprint density at radius 1 is 1.06 bits per heavy atom. The van der Waals surface area contributed by atoms with E-state index in [-0.39, 0.29) is 6.04 Å². The summed E-state index contributed by atoms with van der Waals surface area (Å²) in [5.41, 5.74) is 5.30. The van der Waals surface area contributed by atoms with Crippen LogP contribution < -0.4 is 9.47 Å². The fraction of sp³-hybridized carbons (Fsp3) is 0.240. The van der Waals surface area contributed by atoms with Crippen LogP contribution in [0.15, 0.2) is 65.8 Å². The Bertz CT molecular complexity index is 1140. The van der Waals surface area contributed by atoms with Crippen LogP contribution in [-0.2, 0) is 0 Å². The molecule has 0 N–H and O–H groups in total. The highest BCUT2D eigenvalue weighted by Gasteiger charge is 2.42. The molecular formula is C25H22Cl2N2O2. The van der Waals surface area contributed by atoms with E-state index in [4.69, 9.17) is 37.8 Å². The lowest BCUT2D eigenvalue weighted by Crippen LogP contribution is -2.33. The number of ether oxygens (including phenoxy) is 2. The standard InChI is InChI=1S/C25H22Cl2N2O2/c1-3-30-19-10-8-17(9-11-19)25-29-23(20-12-18(26)13-21(27)24(20)31-25)14-22(28-29)16-6-4-15(2)5-7-16/h4-13,23,25H,3,14H2,1-2H3/t23-,25-/m1/s1. The van der Waals surface area contributed by atoms with Crippen molar-refractivity contribution in [1.29, 1.82) is 0 Å². The van der Waals surface area contributed by atoms with Crippen molar-refractivity contribution in [2.45, 2.75) is 32.5 Å². The Balaban J connectivity index is 1.58. The van der Waals surface area contributed by atoms with Gasteiger partial charge in [0.1, 0.15) is 11.5 Å². The first-order valence-electron chi connectivity index (χ1n) is 10.3. The molecule has 2 aliphatic rings. The summed E-state index contributed by atoms with van der Waals surface area (Å²) < 4.78 is 12.0. The van der Waals surface area contributed by atoms with Gasteiger partial charge in [0.2, 0.25) is 6.23 Å². The zero-order chi connectivity index (χ0) is 21.5. The van der Waals surface area contributed by atoms with Crippen molar-refractivity contribution in [3.63, 3.8) is 0 Å². The van der Waals surface area contributed by atoms with Crippen LogP contribution in [0.1, 0.15) is 47.9 Å². The minimum atomic E-state index is -0.394. The third-order valence-electron chi connectivity index (χ3n) is 5.67. The Morgan fingerprint density at radius 3 is 2.52 bits per heavy atom. The second-order valence-corrected chi connectivity index (χ2v) is 8.63. The molecule has 0 radical (unpaired) electrons. The van der Waals surface area contributed by atoms with Gasteiger partial charge in [-0.25, -0.2) is 5.01 Å². The topological polar surface area (TPSA) is 34.1 Å². The molecule has 2 heterocycles. The number of fused-ring (bicyclic) bond motifs is 3. The predicted octanol–water partition coefficient (Wildman–Crippen LogP) is 6.94. The Hall–Kier alpha value is -2.69. The van der Waals surface area contributed by atoms with Gasteiger partial charge in [0.15, 0.2) is 0 Å². The summed E-state index contributed by atoms with van der Waals surface area (Å²) in [5.74, 6) is 1.50. The molecule has 2 atom stereocenters. The molecule has 6 heteroatoms. The molecular weight excluding hydrogens is 431 g/mol. The number of nitrogens with zero attached hydrogens (tertiary/aromatic N) is 2. The molecule has 0 aromatic heterocycles. The predicted molar refractivity (Wildman–Crippen MR) is 124 cm³/mol. The van der Waals surface area contributed by atoms with Gasteiger partial charge in [0, 0.05) is 22.6 Å². The van der Waals surface area contributed by atoms with Crippen LogP contribution in [0.2, 0.25) is 10.0 Å². The highest BCUT2D eigenvalue weighted by molar-refractivity contribution is 6.35. The highest BCUT2D eigenvalue weighted by atomic mass is 35.5. The van der Waals surface area contributed by atoms with Gasteiger partial charge >= 0.3 is 0 Å². The summed E-state index contributed by atoms with van der Waals surface area (Å²) in [6, 6.07) is 20.0. The lowest BCUT2D eigenvalue weighted by atomic mass is 9.95. The molecule has 0 amide bonds. The number of aryl methyl sites for hydroxylation is 1. The van der Waals surface area contributed by atoms with Crippen molar-refractivity contribution in [3.8, 4) is 11.5 Å². The summed E-state index contributed by atoms with van der Waals surface area (Å²) in [6.07, 6.45) is 0.360. The van der Waals surface area contributed by atoms with E-state index in [1.807, 2.05) is 42.3 Å². The summed E-state index contributed by atoms with van der Waals surface area (Å²) in [4.78, 5) is 0. The van der Waals surface area contributed by atoms with E-state index in [1.165, 1.54) is 5.56 Å². The molecule has 3 aromatic rings. The second-order valence-electron chi connectivity index (χ2n) is 7.79. The van der Waals surface area contributed by atoms with E-state index in [0.29, 0.717) is 22.4 Å². The maximum Gasteiger partial charge on any atom is 0.213 e. The molecule has 0 unspecified atom stereocenters. The quantitative estimate of drug-likeness (QED) is 0.429. The monoisotopic (exact) mass is 452 g/mol. The molecule has 5 rings (SSSR count). The third kappa shape index (κ3) is 3.75. The van der Waals surface area contributed by atoms with E-state index in [2.05, 4.69) is 31.2 Å². The van der Waals surface area contributed by atoms with Crippen LogP contribution in [0.25, 0.3) is 0 Å². The van der Waals surface area contributed by atoms with Gasteiger partial charge in [-0.15, -0.1) is 0 Å². The minimum absolute atomic E-state index is 0.00665. The highest BCUT2D eigenvalue weighted by Crippen LogP contribution is 2.50. The smallest absolute Gasteiger partial charge is 0.213 e. The van der Waals surface area contributed by atoms with Gasteiger partial charge in [-0.1, -0.05) is 53.0 Å². The largest absolute Gasteiger partial charge is 0.494 e. The average Bonchev–Trinajstić information content (AvgIpc) is 3.20. The number of halogens is 2. The summed E-state index contributed by atoms with van der Waals surface area (Å²) >= 11 is 12.9. The molecule has 0 spiro atoms. The van der Waals surface area contributed by atoms with E-state index >= 15 is 0 Å². The van der Waals surface area contributed by atoms with Crippen LogP contribution >= 0.6 is 23.2 Å². The van der Waals surface area contributed by atoms with Crippen molar-refractivity contribution in [3.05, 3.63) is 93.0 Å². The molecule has 0 saturated carbocycles. The van der Waals surface area contributed by atoms with Crippen LogP contribution in [0.4, 0.5) is 0 Å². The number of hydrogen-bond acceptors (Lipinski definition) is 4. The molecule has 2 aliphatic heterocycles. The Labute approximate surface area is 192 Å². The number of benzene rings is 3.